The zero-order valence-corrected chi connectivity index (χ0v) is 20.8. The van der Waals surface area contributed by atoms with Crippen molar-refractivity contribution >= 4 is 15.9 Å². The molecule has 1 unspecified atom stereocenters. The van der Waals surface area contributed by atoms with Crippen molar-refractivity contribution in [2.24, 2.45) is 5.73 Å². The fourth-order valence-corrected chi connectivity index (χ4v) is 4.69. The number of amides is 1. The lowest BCUT2D eigenvalue weighted by molar-refractivity contribution is -0.121. The number of rotatable bonds is 13. The summed E-state index contributed by atoms with van der Waals surface area (Å²) in [5.74, 6) is -1.88. The van der Waals surface area contributed by atoms with Crippen LogP contribution in [-0.4, -0.2) is 42.3 Å². The molecule has 1 aromatic carbocycles. The highest BCUT2D eigenvalue weighted by molar-refractivity contribution is 7.90. The summed E-state index contributed by atoms with van der Waals surface area (Å²) >= 11 is 0. The lowest BCUT2D eigenvalue weighted by Crippen LogP contribution is -2.45. The Labute approximate surface area is 197 Å². The molecule has 0 aliphatic carbocycles. The molecule has 9 heteroatoms. The average Bonchev–Trinajstić information content (AvgIpc) is 2.71. The number of sulfonamides is 1. The topological polar surface area (TPSA) is 150 Å². The number of allylic oxidation sites excluding steroid dienone is 4. The lowest BCUT2D eigenvalue weighted by atomic mass is 10.00. The number of aliphatic hydroxyl groups is 1. The first-order chi connectivity index (χ1) is 15.4. The predicted octanol–water partition coefficient (Wildman–Crippen LogP) is 3.19. The predicted molar refractivity (Wildman–Crippen MR) is 130 cm³/mol. The molecule has 0 radical (unpaired) electrons. The van der Waals surface area contributed by atoms with Crippen LogP contribution in [0.15, 0.2) is 34.3 Å². The second-order valence-corrected chi connectivity index (χ2v) is 10.1. The van der Waals surface area contributed by atoms with Crippen molar-refractivity contribution in [1.29, 1.82) is 0 Å². The SMILES string of the molecule is CCCCCc1cc(O)c(CC=C(C)CCC=C(C)C)c(O)c1S(=O)(=O)NC(=O)C(N)CO. The molecular formula is C24H38N2O6S. The van der Waals surface area contributed by atoms with Crippen molar-refractivity contribution in [2.75, 3.05) is 6.61 Å². The quantitative estimate of drug-likeness (QED) is 0.214. The number of aliphatic hydroxyl groups excluding tert-OH is 1. The molecule has 6 N–H and O–H groups in total. The van der Waals surface area contributed by atoms with Gasteiger partial charge in [0, 0.05) is 5.56 Å². The fourth-order valence-electron chi connectivity index (χ4n) is 3.29. The van der Waals surface area contributed by atoms with E-state index in [0.717, 1.165) is 31.3 Å². The van der Waals surface area contributed by atoms with Crippen LogP contribution in [0.3, 0.4) is 0 Å². The van der Waals surface area contributed by atoms with E-state index in [0.29, 0.717) is 12.8 Å². The van der Waals surface area contributed by atoms with Gasteiger partial charge < -0.3 is 21.1 Å². The summed E-state index contributed by atoms with van der Waals surface area (Å²) in [6.45, 7) is 7.24. The number of carbonyl (C=O) groups excluding carboxylic acids is 1. The highest BCUT2D eigenvalue weighted by Gasteiger charge is 2.30. The number of nitrogens with two attached hydrogens (primary N) is 1. The van der Waals surface area contributed by atoms with Crippen molar-refractivity contribution < 1.29 is 28.5 Å². The number of benzene rings is 1. The molecule has 186 valence electrons. The molecule has 0 aromatic heterocycles. The van der Waals surface area contributed by atoms with E-state index in [4.69, 9.17) is 10.8 Å². The summed E-state index contributed by atoms with van der Waals surface area (Å²) in [6, 6.07) is -0.0874. The van der Waals surface area contributed by atoms with E-state index in [1.54, 1.807) is 0 Å². The van der Waals surface area contributed by atoms with Gasteiger partial charge in [-0.1, -0.05) is 43.1 Å². The maximum Gasteiger partial charge on any atom is 0.268 e. The molecule has 0 fully saturated rings. The monoisotopic (exact) mass is 482 g/mol. The number of hydrogen-bond donors (Lipinski definition) is 5. The van der Waals surface area contributed by atoms with E-state index in [1.165, 1.54) is 11.6 Å². The number of carbonyl (C=O) groups is 1. The summed E-state index contributed by atoms with van der Waals surface area (Å²) in [6.07, 6.45) is 8.39. The molecule has 0 saturated carbocycles. The summed E-state index contributed by atoms with van der Waals surface area (Å²) in [5, 5.41) is 30.5. The van der Waals surface area contributed by atoms with Gasteiger partial charge in [0.15, 0.2) is 0 Å². The van der Waals surface area contributed by atoms with Crippen molar-refractivity contribution in [2.45, 2.75) is 83.6 Å². The Hall–Kier alpha value is -2.36. The van der Waals surface area contributed by atoms with E-state index in [9.17, 15) is 23.4 Å². The zero-order chi connectivity index (χ0) is 25.2. The minimum absolute atomic E-state index is 0.0649. The van der Waals surface area contributed by atoms with Crippen LogP contribution in [0.2, 0.25) is 0 Å². The molecular weight excluding hydrogens is 444 g/mol. The first kappa shape index (κ1) is 28.7. The Morgan fingerprint density at radius 2 is 1.85 bits per heavy atom. The summed E-state index contributed by atoms with van der Waals surface area (Å²) in [5.41, 5.74) is 7.96. The fraction of sp³-hybridized carbons (Fsp3) is 0.542. The zero-order valence-electron chi connectivity index (χ0n) is 20.0. The Balaban J connectivity index is 3.39. The van der Waals surface area contributed by atoms with Gasteiger partial charge in [0.25, 0.3) is 15.9 Å². The highest BCUT2D eigenvalue weighted by Crippen LogP contribution is 2.38. The summed E-state index contributed by atoms with van der Waals surface area (Å²) in [7, 11) is -4.49. The third-order valence-corrected chi connectivity index (χ3v) is 6.71. The van der Waals surface area contributed by atoms with Crippen LogP contribution in [0.1, 0.15) is 70.9 Å². The van der Waals surface area contributed by atoms with Gasteiger partial charge in [-0.25, -0.2) is 13.1 Å². The average molecular weight is 483 g/mol. The van der Waals surface area contributed by atoms with Crippen LogP contribution >= 0.6 is 0 Å². The molecule has 0 heterocycles. The van der Waals surface area contributed by atoms with Crippen LogP contribution in [-0.2, 0) is 27.7 Å². The molecule has 33 heavy (non-hydrogen) atoms. The van der Waals surface area contributed by atoms with Gasteiger partial charge in [-0.15, -0.1) is 0 Å². The minimum Gasteiger partial charge on any atom is -0.508 e. The van der Waals surface area contributed by atoms with Crippen LogP contribution in [0.25, 0.3) is 0 Å². The number of hydrogen-bond acceptors (Lipinski definition) is 7. The Morgan fingerprint density at radius 1 is 1.18 bits per heavy atom. The summed E-state index contributed by atoms with van der Waals surface area (Å²) in [4.78, 5) is 11.6. The second-order valence-electron chi connectivity index (χ2n) is 8.50. The summed E-state index contributed by atoms with van der Waals surface area (Å²) < 4.78 is 27.9. The largest absolute Gasteiger partial charge is 0.508 e. The number of aromatic hydroxyl groups is 2. The highest BCUT2D eigenvalue weighted by atomic mass is 32.2. The maximum atomic E-state index is 13.0. The van der Waals surface area contributed by atoms with Gasteiger partial charge >= 0.3 is 0 Å². The number of unbranched alkanes of at least 4 members (excludes halogenated alkanes) is 2. The van der Waals surface area contributed by atoms with Crippen molar-refractivity contribution in [3.63, 3.8) is 0 Å². The third kappa shape index (κ3) is 8.83. The maximum absolute atomic E-state index is 13.0. The van der Waals surface area contributed by atoms with E-state index in [1.807, 2.05) is 38.5 Å². The van der Waals surface area contributed by atoms with E-state index in [2.05, 4.69) is 6.08 Å². The standard InChI is InChI=1S/C24H38N2O6S/c1-5-6-7-11-18-14-21(28)19(13-12-17(4)10-8-9-16(2)3)22(29)23(18)33(31,32)26-24(30)20(25)15-27/h9,12,14,20,27-29H,5-8,10-11,13,15,25H2,1-4H3,(H,26,30). The molecule has 1 atom stereocenters. The van der Waals surface area contributed by atoms with Crippen molar-refractivity contribution in [3.8, 4) is 11.5 Å². The lowest BCUT2D eigenvalue weighted by Gasteiger charge is -2.18. The van der Waals surface area contributed by atoms with Gasteiger partial charge in [-0.2, -0.15) is 0 Å². The molecule has 0 spiro atoms. The molecule has 0 aliphatic heterocycles. The molecule has 0 aliphatic rings. The number of nitrogens with one attached hydrogen (secondary N) is 1. The van der Waals surface area contributed by atoms with Gasteiger partial charge in [0.1, 0.15) is 22.4 Å². The minimum atomic E-state index is -4.49. The Bertz CT molecular complexity index is 979. The van der Waals surface area contributed by atoms with Gasteiger partial charge in [-0.05, 0) is 64.5 Å². The van der Waals surface area contributed by atoms with Crippen molar-refractivity contribution in [1.82, 2.24) is 4.72 Å². The Kier molecular flexibility index (Phi) is 11.6. The Morgan fingerprint density at radius 3 is 2.42 bits per heavy atom. The third-order valence-electron chi connectivity index (χ3n) is 5.25. The molecule has 1 amide bonds. The van der Waals surface area contributed by atoms with Gasteiger partial charge in [-0.3, -0.25) is 4.79 Å². The van der Waals surface area contributed by atoms with Crippen LogP contribution in [0, 0.1) is 0 Å². The smallest absolute Gasteiger partial charge is 0.268 e. The second kappa shape index (κ2) is 13.4. The van der Waals surface area contributed by atoms with E-state index < -0.39 is 39.2 Å². The number of phenolic OH excluding ortho intramolecular Hbond substituents is 2. The van der Waals surface area contributed by atoms with Crippen LogP contribution < -0.4 is 10.5 Å². The van der Waals surface area contributed by atoms with Gasteiger partial charge in [0.05, 0.1) is 6.61 Å². The first-order valence-electron chi connectivity index (χ1n) is 11.2. The van der Waals surface area contributed by atoms with Crippen LogP contribution in [0.4, 0.5) is 0 Å². The number of aryl methyl sites for hydroxylation is 1. The molecule has 1 aromatic rings. The van der Waals surface area contributed by atoms with Gasteiger partial charge in [0.2, 0.25) is 0 Å². The van der Waals surface area contributed by atoms with Crippen LogP contribution in [0.5, 0.6) is 11.5 Å². The normalized spacial score (nSPS) is 13.0. The molecule has 1 rings (SSSR count). The first-order valence-corrected chi connectivity index (χ1v) is 12.7. The van der Waals surface area contributed by atoms with E-state index in [-0.39, 0.29) is 23.3 Å². The van der Waals surface area contributed by atoms with Crippen molar-refractivity contribution in [3.05, 3.63) is 40.5 Å². The number of phenols is 2. The van der Waals surface area contributed by atoms with E-state index >= 15 is 0 Å². The molecule has 8 nitrogen and oxygen atoms in total. The molecule has 0 bridgehead atoms. The molecule has 0 saturated heterocycles.